The summed E-state index contributed by atoms with van der Waals surface area (Å²) in [7, 11) is 0. The molecule has 1 unspecified atom stereocenters. The van der Waals surface area contributed by atoms with Crippen LogP contribution in [-0.4, -0.2) is 42.2 Å². The van der Waals surface area contributed by atoms with Crippen molar-refractivity contribution < 1.29 is 14.6 Å². The average Bonchev–Trinajstić information content (AvgIpc) is 2.37. The van der Waals surface area contributed by atoms with E-state index in [0.717, 1.165) is 25.3 Å². The van der Waals surface area contributed by atoms with Gasteiger partial charge in [-0.25, -0.2) is 0 Å². The molecule has 2 rings (SSSR count). The van der Waals surface area contributed by atoms with Crippen molar-refractivity contribution in [1.82, 2.24) is 4.90 Å². The van der Waals surface area contributed by atoms with E-state index >= 15 is 0 Å². The van der Waals surface area contributed by atoms with Gasteiger partial charge in [0, 0.05) is 19.0 Å². The van der Waals surface area contributed by atoms with Crippen molar-refractivity contribution in [2.75, 3.05) is 26.2 Å². The maximum Gasteiger partial charge on any atom is 0.317 e. The number of aliphatic carboxylic acids is 1. The lowest BCUT2D eigenvalue weighted by Crippen LogP contribution is -2.37. The van der Waals surface area contributed by atoms with Gasteiger partial charge < -0.3 is 9.84 Å². The monoisotopic (exact) mass is 277 g/mol. The molecule has 0 radical (unpaired) electrons. The number of hydrogen-bond donors (Lipinski definition) is 1. The molecular formula is C16H23NO3. The van der Waals surface area contributed by atoms with E-state index in [1.54, 1.807) is 0 Å². The Morgan fingerprint density at radius 3 is 2.90 bits per heavy atom. The highest BCUT2D eigenvalue weighted by Gasteiger charge is 2.24. The molecule has 1 atom stereocenters. The van der Waals surface area contributed by atoms with Crippen LogP contribution in [0.4, 0.5) is 0 Å². The normalized spacial score (nSPS) is 17.9. The maximum absolute atomic E-state index is 11.0. The molecule has 0 amide bonds. The summed E-state index contributed by atoms with van der Waals surface area (Å²) in [5.74, 6) is 1.01. The predicted octanol–water partition coefficient (Wildman–Crippen LogP) is 2.60. The first-order chi connectivity index (χ1) is 9.56. The standard InChI is InChI=1S/C16H23NO3/c1-12(2)9-17(11-16(18)19)10-13-7-8-20-15-6-4-3-5-14(13)15/h3-6,12-13H,7-11H2,1-2H3,(H,18,19). The second-order valence-electron chi connectivity index (χ2n) is 5.85. The van der Waals surface area contributed by atoms with Gasteiger partial charge in [0.1, 0.15) is 5.75 Å². The highest BCUT2D eigenvalue weighted by molar-refractivity contribution is 5.69. The smallest absolute Gasteiger partial charge is 0.317 e. The molecule has 1 aromatic carbocycles. The zero-order valence-corrected chi connectivity index (χ0v) is 12.2. The number of ether oxygens (including phenoxy) is 1. The average molecular weight is 277 g/mol. The van der Waals surface area contributed by atoms with E-state index in [1.165, 1.54) is 5.56 Å². The van der Waals surface area contributed by atoms with E-state index < -0.39 is 5.97 Å². The second-order valence-corrected chi connectivity index (χ2v) is 5.85. The summed E-state index contributed by atoms with van der Waals surface area (Å²) in [6.07, 6.45) is 0.950. The number of benzene rings is 1. The van der Waals surface area contributed by atoms with Crippen LogP contribution in [-0.2, 0) is 4.79 Å². The van der Waals surface area contributed by atoms with Crippen LogP contribution in [0.25, 0.3) is 0 Å². The molecule has 20 heavy (non-hydrogen) atoms. The number of carboxylic acid groups (broad SMARTS) is 1. The third-order valence-electron chi connectivity index (χ3n) is 3.54. The number of hydrogen-bond acceptors (Lipinski definition) is 3. The highest BCUT2D eigenvalue weighted by Crippen LogP contribution is 2.33. The fraction of sp³-hybridized carbons (Fsp3) is 0.562. The fourth-order valence-corrected chi connectivity index (χ4v) is 2.83. The molecule has 0 saturated carbocycles. The van der Waals surface area contributed by atoms with Crippen LogP contribution >= 0.6 is 0 Å². The molecule has 0 fully saturated rings. The number of fused-ring (bicyclic) bond motifs is 1. The minimum Gasteiger partial charge on any atom is -0.493 e. The summed E-state index contributed by atoms with van der Waals surface area (Å²) in [6, 6.07) is 8.08. The molecular weight excluding hydrogens is 254 g/mol. The van der Waals surface area contributed by atoms with Gasteiger partial charge in [-0.15, -0.1) is 0 Å². The van der Waals surface area contributed by atoms with Crippen molar-refractivity contribution in [3.8, 4) is 5.75 Å². The first kappa shape index (κ1) is 14.9. The number of rotatable bonds is 6. The van der Waals surface area contributed by atoms with E-state index in [9.17, 15) is 4.79 Å². The zero-order valence-electron chi connectivity index (χ0n) is 12.2. The molecule has 1 aliphatic heterocycles. The Morgan fingerprint density at radius 2 is 2.20 bits per heavy atom. The Hall–Kier alpha value is -1.55. The summed E-state index contributed by atoms with van der Waals surface area (Å²) in [5, 5.41) is 9.06. The molecule has 1 aromatic rings. The van der Waals surface area contributed by atoms with Crippen molar-refractivity contribution >= 4 is 5.97 Å². The van der Waals surface area contributed by atoms with Crippen LogP contribution in [0, 0.1) is 5.92 Å². The highest BCUT2D eigenvalue weighted by atomic mass is 16.5. The van der Waals surface area contributed by atoms with E-state index in [0.29, 0.717) is 18.4 Å². The minimum absolute atomic E-state index is 0.109. The second kappa shape index (κ2) is 6.75. The molecule has 0 saturated heterocycles. The topological polar surface area (TPSA) is 49.8 Å². The van der Waals surface area contributed by atoms with Crippen LogP contribution in [0.2, 0.25) is 0 Å². The quantitative estimate of drug-likeness (QED) is 0.868. The van der Waals surface area contributed by atoms with Crippen LogP contribution in [0.1, 0.15) is 31.7 Å². The summed E-state index contributed by atoms with van der Waals surface area (Å²) in [4.78, 5) is 13.1. The zero-order chi connectivity index (χ0) is 14.5. The Kier molecular flexibility index (Phi) is 5.01. The van der Waals surface area contributed by atoms with E-state index in [2.05, 4.69) is 19.9 Å². The SMILES string of the molecule is CC(C)CN(CC(=O)O)CC1CCOc2ccccc21. The number of carboxylic acids is 1. The van der Waals surface area contributed by atoms with Gasteiger partial charge in [0.25, 0.3) is 0 Å². The summed E-state index contributed by atoms with van der Waals surface area (Å²) < 4.78 is 5.66. The molecule has 110 valence electrons. The van der Waals surface area contributed by atoms with Crippen molar-refractivity contribution in [3.05, 3.63) is 29.8 Å². The van der Waals surface area contributed by atoms with Gasteiger partial charge in [0.05, 0.1) is 13.2 Å². The number of nitrogens with zero attached hydrogens (tertiary/aromatic N) is 1. The molecule has 4 heteroatoms. The number of carbonyl (C=O) groups is 1. The van der Waals surface area contributed by atoms with Crippen molar-refractivity contribution in [1.29, 1.82) is 0 Å². The predicted molar refractivity (Wildman–Crippen MR) is 78.2 cm³/mol. The van der Waals surface area contributed by atoms with Crippen LogP contribution in [0.5, 0.6) is 5.75 Å². The summed E-state index contributed by atoms with van der Waals surface area (Å²) in [6.45, 7) is 6.65. The van der Waals surface area contributed by atoms with Crippen molar-refractivity contribution in [2.24, 2.45) is 5.92 Å². The molecule has 4 nitrogen and oxygen atoms in total. The van der Waals surface area contributed by atoms with Gasteiger partial charge >= 0.3 is 5.97 Å². The Morgan fingerprint density at radius 1 is 1.45 bits per heavy atom. The minimum atomic E-state index is -0.758. The van der Waals surface area contributed by atoms with Crippen molar-refractivity contribution in [3.63, 3.8) is 0 Å². The van der Waals surface area contributed by atoms with Gasteiger partial charge in [-0.3, -0.25) is 9.69 Å². The molecule has 1 aliphatic rings. The van der Waals surface area contributed by atoms with Gasteiger partial charge in [0.15, 0.2) is 0 Å². The lowest BCUT2D eigenvalue weighted by Gasteiger charge is -2.31. The third-order valence-corrected chi connectivity index (χ3v) is 3.54. The molecule has 0 bridgehead atoms. The lowest BCUT2D eigenvalue weighted by molar-refractivity contribution is -0.138. The lowest BCUT2D eigenvalue weighted by atomic mass is 9.92. The summed E-state index contributed by atoms with van der Waals surface area (Å²) in [5.41, 5.74) is 1.21. The van der Waals surface area contributed by atoms with E-state index in [-0.39, 0.29) is 6.54 Å². The van der Waals surface area contributed by atoms with Crippen molar-refractivity contribution in [2.45, 2.75) is 26.2 Å². The summed E-state index contributed by atoms with van der Waals surface area (Å²) >= 11 is 0. The van der Waals surface area contributed by atoms with Gasteiger partial charge in [-0.05, 0) is 24.0 Å². The number of para-hydroxylation sites is 1. The largest absolute Gasteiger partial charge is 0.493 e. The fourth-order valence-electron chi connectivity index (χ4n) is 2.83. The Balaban J connectivity index is 2.08. The van der Waals surface area contributed by atoms with Gasteiger partial charge in [-0.2, -0.15) is 0 Å². The molecule has 1 heterocycles. The molecule has 0 spiro atoms. The van der Waals surface area contributed by atoms with Crippen LogP contribution < -0.4 is 4.74 Å². The third kappa shape index (κ3) is 3.97. The van der Waals surface area contributed by atoms with E-state index in [1.807, 2.05) is 23.1 Å². The van der Waals surface area contributed by atoms with Gasteiger partial charge in [-0.1, -0.05) is 32.0 Å². The molecule has 1 N–H and O–H groups in total. The molecule has 0 aromatic heterocycles. The first-order valence-corrected chi connectivity index (χ1v) is 7.22. The van der Waals surface area contributed by atoms with E-state index in [4.69, 9.17) is 9.84 Å². The van der Waals surface area contributed by atoms with Gasteiger partial charge in [0.2, 0.25) is 0 Å². The maximum atomic E-state index is 11.0. The molecule has 0 aliphatic carbocycles. The Labute approximate surface area is 120 Å². The van der Waals surface area contributed by atoms with Crippen LogP contribution in [0.15, 0.2) is 24.3 Å². The van der Waals surface area contributed by atoms with Crippen LogP contribution in [0.3, 0.4) is 0 Å². The first-order valence-electron chi connectivity index (χ1n) is 7.22. The Bertz CT molecular complexity index is 459.